The topological polar surface area (TPSA) is 26.3 Å². The van der Waals surface area contributed by atoms with Gasteiger partial charge in [-0.25, -0.2) is 0 Å². The molecule has 20 heavy (non-hydrogen) atoms. The van der Waals surface area contributed by atoms with E-state index in [2.05, 4.69) is 31.2 Å². The molecule has 0 heterocycles. The molecule has 0 fully saturated rings. The second-order valence-corrected chi connectivity index (χ2v) is 5.75. The Labute approximate surface area is 120 Å². The second kappa shape index (κ2) is 6.56. The fourth-order valence-corrected chi connectivity index (χ4v) is 2.36. The Morgan fingerprint density at radius 2 is 1.75 bits per heavy atom. The SMILES string of the molecule is CC(C)COC(=O)CC(C)c1cccc2ccccc12. The smallest absolute Gasteiger partial charge is 0.306 e. The third kappa shape index (κ3) is 3.60. The second-order valence-electron chi connectivity index (χ2n) is 5.75. The van der Waals surface area contributed by atoms with E-state index in [1.807, 2.05) is 32.0 Å². The highest BCUT2D eigenvalue weighted by atomic mass is 16.5. The average molecular weight is 270 g/mol. The molecule has 0 radical (unpaired) electrons. The summed E-state index contributed by atoms with van der Waals surface area (Å²) in [4.78, 5) is 11.8. The van der Waals surface area contributed by atoms with Crippen molar-refractivity contribution in [2.45, 2.75) is 33.1 Å². The number of benzene rings is 2. The maximum Gasteiger partial charge on any atom is 0.306 e. The van der Waals surface area contributed by atoms with Crippen LogP contribution in [0.4, 0.5) is 0 Å². The highest BCUT2D eigenvalue weighted by Crippen LogP contribution is 2.27. The standard InChI is InChI=1S/C18H22O2/c1-13(2)12-20-18(19)11-14(3)16-10-6-8-15-7-4-5-9-17(15)16/h4-10,13-14H,11-12H2,1-3H3. The maximum atomic E-state index is 11.8. The molecule has 2 nitrogen and oxygen atoms in total. The first-order valence-electron chi connectivity index (χ1n) is 7.21. The van der Waals surface area contributed by atoms with E-state index in [1.165, 1.54) is 16.3 Å². The number of hydrogen-bond donors (Lipinski definition) is 0. The summed E-state index contributed by atoms with van der Waals surface area (Å²) < 4.78 is 5.27. The van der Waals surface area contributed by atoms with Crippen LogP contribution < -0.4 is 0 Å². The summed E-state index contributed by atoms with van der Waals surface area (Å²) in [6.45, 7) is 6.67. The third-order valence-electron chi connectivity index (χ3n) is 3.40. The minimum Gasteiger partial charge on any atom is -0.465 e. The van der Waals surface area contributed by atoms with Gasteiger partial charge < -0.3 is 4.74 Å². The molecule has 0 bridgehead atoms. The van der Waals surface area contributed by atoms with Crippen molar-refractivity contribution in [2.24, 2.45) is 5.92 Å². The van der Waals surface area contributed by atoms with Gasteiger partial charge in [-0.15, -0.1) is 0 Å². The van der Waals surface area contributed by atoms with E-state index < -0.39 is 0 Å². The quantitative estimate of drug-likeness (QED) is 0.746. The number of rotatable bonds is 5. The fraction of sp³-hybridized carbons (Fsp3) is 0.389. The van der Waals surface area contributed by atoms with Crippen molar-refractivity contribution < 1.29 is 9.53 Å². The van der Waals surface area contributed by atoms with Crippen molar-refractivity contribution in [3.05, 3.63) is 48.0 Å². The molecule has 0 aliphatic heterocycles. The first-order chi connectivity index (χ1) is 9.58. The van der Waals surface area contributed by atoms with Crippen LogP contribution in [-0.2, 0) is 9.53 Å². The van der Waals surface area contributed by atoms with Gasteiger partial charge in [0.15, 0.2) is 0 Å². The van der Waals surface area contributed by atoms with Crippen molar-refractivity contribution >= 4 is 16.7 Å². The lowest BCUT2D eigenvalue weighted by atomic mass is 9.92. The molecule has 2 rings (SSSR count). The Morgan fingerprint density at radius 1 is 1.05 bits per heavy atom. The largest absolute Gasteiger partial charge is 0.465 e. The minimum atomic E-state index is -0.112. The molecule has 0 aliphatic carbocycles. The zero-order valence-corrected chi connectivity index (χ0v) is 12.4. The highest BCUT2D eigenvalue weighted by molar-refractivity contribution is 5.86. The van der Waals surface area contributed by atoms with E-state index in [0.29, 0.717) is 18.9 Å². The van der Waals surface area contributed by atoms with Crippen molar-refractivity contribution in [2.75, 3.05) is 6.61 Å². The molecule has 0 amide bonds. The van der Waals surface area contributed by atoms with Crippen LogP contribution in [0.3, 0.4) is 0 Å². The van der Waals surface area contributed by atoms with Crippen molar-refractivity contribution in [1.29, 1.82) is 0 Å². The Bertz CT molecular complexity index is 581. The van der Waals surface area contributed by atoms with Crippen LogP contribution in [0.15, 0.2) is 42.5 Å². The Kier molecular flexibility index (Phi) is 4.78. The van der Waals surface area contributed by atoms with Crippen LogP contribution in [-0.4, -0.2) is 12.6 Å². The van der Waals surface area contributed by atoms with E-state index in [-0.39, 0.29) is 11.9 Å². The number of ether oxygens (including phenoxy) is 1. The lowest BCUT2D eigenvalue weighted by Crippen LogP contribution is -2.12. The molecule has 1 atom stereocenters. The van der Waals surface area contributed by atoms with Crippen LogP contribution in [0.25, 0.3) is 10.8 Å². The molecule has 2 heteroatoms. The number of fused-ring (bicyclic) bond motifs is 1. The summed E-state index contributed by atoms with van der Waals surface area (Å²) in [5, 5.41) is 2.44. The average Bonchev–Trinajstić information content (AvgIpc) is 2.44. The van der Waals surface area contributed by atoms with Gasteiger partial charge in [-0.05, 0) is 28.2 Å². The molecule has 106 valence electrons. The van der Waals surface area contributed by atoms with Gasteiger partial charge in [-0.2, -0.15) is 0 Å². The maximum absolute atomic E-state index is 11.8. The van der Waals surface area contributed by atoms with Gasteiger partial charge in [0.25, 0.3) is 0 Å². The van der Waals surface area contributed by atoms with Crippen molar-refractivity contribution in [3.63, 3.8) is 0 Å². The van der Waals surface area contributed by atoms with Gasteiger partial charge in [-0.3, -0.25) is 4.79 Å². The lowest BCUT2D eigenvalue weighted by molar-refractivity contribution is -0.145. The van der Waals surface area contributed by atoms with E-state index in [0.717, 1.165) is 0 Å². The van der Waals surface area contributed by atoms with Gasteiger partial charge in [-0.1, -0.05) is 63.2 Å². The molecule has 2 aromatic carbocycles. The van der Waals surface area contributed by atoms with E-state index in [9.17, 15) is 4.79 Å². The summed E-state index contributed by atoms with van der Waals surface area (Å²) in [6, 6.07) is 14.5. The van der Waals surface area contributed by atoms with E-state index in [1.54, 1.807) is 0 Å². The van der Waals surface area contributed by atoms with Crippen LogP contribution in [0, 0.1) is 5.92 Å². The van der Waals surface area contributed by atoms with Crippen molar-refractivity contribution in [1.82, 2.24) is 0 Å². The molecule has 0 saturated carbocycles. The van der Waals surface area contributed by atoms with Gasteiger partial charge in [0.2, 0.25) is 0 Å². The Hall–Kier alpha value is -1.83. The van der Waals surface area contributed by atoms with E-state index >= 15 is 0 Å². The lowest BCUT2D eigenvalue weighted by Gasteiger charge is -2.15. The Balaban J connectivity index is 2.11. The summed E-state index contributed by atoms with van der Waals surface area (Å²) in [5.74, 6) is 0.437. The summed E-state index contributed by atoms with van der Waals surface area (Å²) >= 11 is 0. The van der Waals surface area contributed by atoms with Gasteiger partial charge in [0.1, 0.15) is 0 Å². The predicted molar refractivity (Wildman–Crippen MR) is 82.8 cm³/mol. The minimum absolute atomic E-state index is 0.112. The number of hydrogen-bond acceptors (Lipinski definition) is 2. The Morgan fingerprint density at radius 3 is 2.50 bits per heavy atom. The van der Waals surface area contributed by atoms with Crippen LogP contribution in [0.2, 0.25) is 0 Å². The predicted octanol–water partition coefficient (Wildman–Crippen LogP) is 4.53. The molecular formula is C18H22O2. The first-order valence-corrected chi connectivity index (χ1v) is 7.21. The molecule has 0 aliphatic rings. The number of carbonyl (C=O) groups excluding carboxylic acids is 1. The monoisotopic (exact) mass is 270 g/mol. The molecule has 2 aromatic rings. The molecule has 0 N–H and O–H groups in total. The summed E-state index contributed by atoms with van der Waals surface area (Å²) in [6.07, 6.45) is 0.431. The van der Waals surface area contributed by atoms with Crippen LogP contribution in [0.1, 0.15) is 38.7 Å². The third-order valence-corrected chi connectivity index (χ3v) is 3.40. The summed E-state index contributed by atoms with van der Waals surface area (Å²) in [7, 11) is 0. The normalized spacial score (nSPS) is 12.6. The van der Waals surface area contributed by atoms with Crippen LogP contribution in [0.5, 0.6) is 0 Å². The highest BCUT2D eigenvalue weighted by Gasteiger charge is 2.14. The molecule has 0 saturated heterocycles. The molecule has 0 spiro atoms. The molecular weight excluding hydrogens is 248 g/mol. The fourth-order valence-electron chi connectivity index (χ4n) is 2.36. The number of carbonyl (C=O) groups is 1. The zero-order valence-electron chi connectivity index (χ0n) is 12.4. The van der Waals surface area contributed by atoms with Crippen molar-refractivity contribution in [3.8, 4) is 0 Å². The zero-order chi connectivity index (χ0) is 14.5. The molecule has 0 aromatic heterocycles. The van der Waals surface area contributed by atoms with E-state index in [4.69, 9.17) is 4.74 Å². The first kappa shape index (κ1) is 14.6. The number of esters is 1. The van der Waals surface area contributed by atoms with Gasteiger partial charge in [0.05, 0.1) is 13.0 Å². The van der Waals surface area contributed by atoms with Crippen LogP contribution >= 0.6 is 0 Å². The van der Waals surface area contributed by atoms with Gasteiger partial charge >= 0.3 is 5.97 Å². The molecule has 1 unspecified atom stereocenters. The van der Waals surface area contributed by atoms with Gasteiger partial charge in [0, 0.05) is 0 Å². The summed E-state index contributed by atoms with van der Waals surface area (Å²) in [5.41, 5.74) is 1.21.